The summed E-state index contributed by atoms with van der Waals surface area (Å²) in [5, 5.41) is 0. The molecular weight excluding hydrogens is 141 g/mol. The Morgan fingerprint density at radius 1 is 1.18 bits per heavy atom. The summed E-state index contributed by atoms with van der Waals surface area (Å²) in [5.41, 5.74) is 0. The maximum atomic E-state index is 12.5. The lowest BCUT2D eigenvalue weighted by atomic mass is 10.2. The van der Waals surface area contributed by atoms with Crippen molar-refractivity contribution in [3.63, 3.8) is 0 Å². The first-order chi connectivity index (χ1) is 5.20. The fourth-order valence-corrected chi connectivity index (χ4v) is 1.37. The van der Waals surface area contributed by atoms with E-state index in [1.165, 1.54) is 0 Å². The third-order valence-electron chi connectivity index (χ3n) is 2.07. The van der Waals surface area contributed by atoms with Gasteiger partial charge in [0.05, 0.1) is 0 Å². The first-order valence-corrected chi connectivity index (χ1v) is 4.50. The van der Waals surface area contributed by atoms with Crippen LogP contribution < -0.4 is 0 Å². The molecule has 1 fully saturated rings. The Bertz CT molecular complexity index is 93.6. The van der Waals surface area contributed by atoms with Crippen LogP contribution in [0.3, 0.4) is 0 Å². The number of rotatable bonds is 1. The molecule has 1 rings (SSSR count). The Morgan fingerprint density at radius 2 is 1.73 bits per heavy atom. The summed E-state index contributed by atoms with van der Waals surface area (Å²) in [7, 11) is 4.03. The summed E-state index contributed by atoms with van der Waals surface area (Å²) < 4.78 is 12.5. The van der Waals surface area contributed by atoms with Gasteiger partial charge in [-0.3, -0.25) is 0 Å². The minimum Gasteiger partial charge on any atom is -0.306 e. The normalized spacial score (nSPS) is 30.0. The van der Waals surface area contributed by atoms with Crippen molar-refractivity contribution in [3.05, 3.63) is 0 Å². The Hall–Kier alpha value is -0.110. The Morgan fingerprint density at radius 3 is 1.91 bits per heavy atom. The fraction of sp³-hybridized carbons (Fsp3) is 1.00. The summed E-state index contributed by atoms with van der Waals surface area (Å²) >= 11 is 0. The number of nitrogens with zero attached hydrogens (tertiary/aromatic N) is 1. The lowest BCUT2D eigenvalue weighted by Crippen LogP contribution is -2.24. The summed E-state index contributed by atoms with van der Waals surface area (Å²) in [5.74, 6) is 0. The monoisotopic (exact) mass is 161 g/mol. The first-order valence-electron chi connectivity index (χ1n) is 4.50. The zero-order chi connectivity index (χ0) is 8.85. The molecule has 1 saturated carbocycles. The topological polar surface area (TPSA) is 3.24 Å². The van der Waals surface area contributed by atoms with Gasteiger partial charge in [0.1, 0.15) is 6.17 Å². The SMILES string of the molecule is CC.CN(C)C1CCC(F)C1. The minimum absolute atomic E-state index is 0.500. The highest BCUT2D eigenvalue weighted by atomic mass is 19.1. The standard InChI is InChI=1S/C7H14FN.C2H6/c1-9(2)7-4-3-6(8)5-7;1-2/h6-7H,3-5H2,1-2H3;1-2H3. The zero-order valence-electron chi connectivity index (χ0n) is 8.10. The number of alkyl halides is 1. The third-order valence-corrected chi connectivity index (χ3v) is 2.07. The van der Waals surface area contributed by atoms with E-state index in [4.69, 9.17) is 0 Å². The molecule has 0 aromatic heterocycles. The van der Waals surface area contributed by atoms with Crippen LogP contribution in [0.15, 0.2) is 0 Å². The number of hydrogen-bond donors (Lipinski definition) is 0. The maximum Gasteiger partial charge on any atom is 0.102 e. The highest BCUT2D eigenvalue weighted by Crippen LogP contribution is 2.24. The van der Waals surface area contributed by atoms with Crippen LogP contribution in [0.1, 0.15) is 33.1 Å². The number of halogens is 1. The Kier molecular flexibility index (Phi) is 5.47. The molecule has 2 unspecified atom stereocenters. The smallest absolute Gasteiger partial charge is 0.102 e. The predicted molar refractivity (Wildman–Crippen MR) is 47.6 cm³/mol. The van der Waals surface area contributed by atoms with Gasteiger partial charge in [0.2, 0.25) is 0 Å². The van der Waals surface area contributed by atoms with Crippen LogP contribution in [0.4, 0.5) is 4.39 Å². The van der Waals surface area contributed by atoms with Crippen molar-refractivity contribution in [3.8, 4) is 0 Å². The first kappa shape index (κ1) is 10.9. The molecular formula is C9H20FN. The van der Waals surface area contributed by atoms with Gasteiger partial charge >= 0.3 is 0 Å². The second kappa shape index (κ2) is 5.53. The highest BCUT2D eigenvalue weighted by molar-refractivity contribution is 4.79. The van der Waals surface area contributed by atoms with Crippen LogP contribution in [-0.2, 0) is 0 Å². The summed E-state index contributed by atoms with van der Waals surface area (Å²) in [6.07, 6.45) is 2.02. The molecule has 11 heavy (non-hydrogen) atoms. The van der Waals surface area contributed by atoms with Crippen molar-refractivity contribution in [2.75, 3.05) is 14.1 Å². The molecule has 1 nitrogen and oxygen atoms in total. The van der Waals surface area contributed by atoms with Crippen molar-refractivity contribution in [1.82, 2.24) is 4.90 Å². The molecule has 0 saturated heterocycles. The highest BCUT2D eigenvalue weighted by Gasteiger charge is 2.24. The van der Waals surface area contributed by atoms with Gasteiger partial charge in [-0.1, -0.05) is 13.8 Å². The Balaban J connectivity index is 0.000000461. The average Bonchev–Trinajstić information content (AvgIpc) is 2.40. The van der Waals surface area contributed by atoms with E-state index in [9.17, 15) is 4.39 Å². The second-order valence-corrected chi connectivity index (χ2v) is 3.03. The van der Waals surface area contributed by atoms with Crippen LogP contribution in [0.5, 0.6) is 0 Å². The van der Waals surface area contributed by atoms with Gasteiger partial charge in [0.25, 0.3) is 0 Å². The molecule has 0 N–H and O–H groups in total. The summed E-state index contributed by atoms with van der Waals surface area (Å²) in [6.45, 7) is 4.00. The van der Waals surface area contributed by atoms with E-state index < -0.39 is 6.17 Å². The van der Waals surface area contributed by atoms with Crippen molar-refractivity contribution in [2.45, 2.75) is 45.3 Å². The van der Waals surface area contributed by atoms with E-state index in [2.05, 4.69) is 4.90 Å². The van der Waals surface area contributed by atoms with Crippen LogP contribution >= 0.6 is 0 Å². The second-order valence-electron chi connectivity index (χ2n) is 3.03. The molecule has 0 aromatic rings. The van der Waals surface area contributed by atoms with Crippen molar-refractivity contribution < 1.29 is 4.39 Å². The fourth-order valence-electron chi connectivity index (χ4n) is 1.37. The molecule has 68 valence electrons. The minimum atomic E-state index is -0.530. The van der Waals surface area contributed by atoms with Crippen molar-refractivity contribution in [2.24, 2.45) is 0 Å². The van der Waals surface area contributed by atoms with Gasteiger partial charge < -0.3 is 4.90 Å². The van der Waals surface area contributed by atoms with Gasteiger partial charge in [-0.2, -0.15) is 0 Å². The van der Waals surface area contributed by atoms with Crippen molar-refractivity contribution >= 4 is 0 Å². The average molecular weight is 161 g/mol. The van der Waals surface area contributed by atoms with E-state index in [0.29, 0.717) is 6.04 Å². The largest absolute Gasteiger partial charge is 0.306 e. The molecule has 2 atom stereocenters. The van der Waals surface area contributed by atoms with Crippen LogP contribution in [0.2, 0.25) is 0 Å². The van der Waals surface area contributed by atoms with Crippen LogP contribution in [0.25, 0.3) is 0 Å². The molecule has 0 aromatic carbocycles. The number of hydrogen-bond acceptors (Lipinski definition) is 1. The van der Waals surface area contributed by atoms with Crippen molar-refractivity contribution in [1.29, 1.82) is 0 Å². The molecule has 0 spiro atoms. The molecule has 1 aliphatic rings. The van der Waals surface area contributed by atoms with Gasteiger partial charge in [-0.25, -0.2) is 4.39 Å². The summed E-state index contributed by atoms with van der Waals surface area (Å²) in [4.78, 5) is 2.11. The maximum absolute atomic E-state index is 12.5. The quantitative estimate of drug-likeness (QED) is 0.571. The lowest BCUT2D eigenvalue weighted by Gasteiger charge is -2.17. The van der Waals surface area contributed by atoms with Gasteiger partial charge in [-0.05, 0) is 33.4 Å². The molecule has 0 aliphatic heterocycles. The third kappa shape index (κ3) is 3.71. The molecule has 0 amide bonds. The van der Waals surface area contributed by atoms with E-state index in [1.807, 2.05) is 27.9 Å². The predicted octanol–water partition coefficient (Wildman–Crippen LogP) is 2.46. The molecule has 2 heteroatoms. The molecule has 0 bridgehead atoms. The van der Waals surface area contributed by atoms with E-state index >= 15 is 0 Å². The molecule has 1 aliphatic carbocycles. The van der Waals surface area contributed by atoms with Gasteiger partial charge in [-0.15, -0.1) is 0 Å². The lowest BCUT2D eigenvalue weighted by molar-refractivity contribution is 0.270. The van der Waals surface area contributed by atoms with E-state index in [0.717, 1.165) is 19.3 Å². The summed E-state index contributed by atoms with van der Waals surface area (Å²) in [6, 6.07) is 0.500. The molecule has 0 heterocycles. The zero-order valence-corrected chi connectivity index (χ0v) is 8.10. The Labute approximate surface area is 69.6 Å². The van der Waals surface area contributed by atoms with Gasteiger partial charge in [0, 0.05) is 6.04 Å². The van der Waals surface area contributed by atoms with Crippen LogP contribution in [-0.4, -0.2) is 31.2 Å². The van der Waals surface area contributed by atoms with Gasteiger partial charge in [0.15, 0.2) is 0 Å². The van der Waals surface area contributed by atoms with E-state index in [-0.39, 0.29) is 0 Å². The van der Waals surface area contributed by atoms with E-state index in [1.54, 1.807) is 0 Å². The van der Waals surface area contributed by atoms with Crippen LogP contribution in [0, 0.1) is 0 Å². The molecule has 0 radical (unpaired) electrons.